The van der Waals surface area contributed by atoms with Gasteiger partial charge < -0.3 is 14.9 Å². The fraction of sp³-hybridized carbons (Fsp3) is 0.273. The van der Waals surface area contributed by atoms with Gasteiger partial charge in [-0.25, -0.2) is 4.39 Å². The summed E-state index contributed by atoms with van der Waals surface area (Å²) in [5.74, 6) is 0.167. The molecule has 0 radical (unpaired) electrons. The van der Waals surface area contributed by atoms with Gasteiger partial charge in [0.25, 0.3) is 0 Å². The first kappa shape index (κ1) is 10.1. The van der Waals surface area contributed by atoms with Gasteiger partial charge in [-0.2, -0.15) is 0 Å². The van der Waals surface area contributed by atoms with E-state index in [0.717, 1.165) is 5.39 Å². The van der Waals surface area contributed by atoms with E-state index in [9.17, 15) is 4.39 Å². The van der Waals surface area contributed by atoms with Crippen molar-refractivity contribution < 1.29 is 13.5 Å². The molecule has 0 fully saturated rings. The predicted molar refractivity (Wildman–Crippen MR) is 55.0 cm³/mol. The van der Waals surface area contributed by atoms with Gasteiger partial charge in [0.2, 0.25) is 0 Å². The van der Waals surface area contributed by atoms with E-state index in [2.05, 4.69) is 0 Å². The van der Waals surface area contributed by atoms with Crippen LogP contribution in [0.4, 0.5) is 4.39 Å². The lowest BCUT2D eigenvalue weighted by Gasteiger charge is -2.05. The highest BCUT2D eigenvalue weighted by Gasteiger charge is 2.13. The lowest BCUT2D eigenvalue weighted by molar-refractivity contribution is 0.173. The van der Waals surface area contributed by atoms with Crippen LogP contribution < -0.4 is 5.73 Å². The number of halogens is 1. The van der Waals surface area contributed by atoms with Gasteiger partial charge in [-0.15, -0.1) is 0 Å². The van der Waals surface area contributed by atoms with E-state index in [0.29, 0.717) is 12.4 Å². The number of ether oxygens (including phenoxy) is 1. The Morgan fingerprint density at radius 1 is 1.53 bits per heavy atom. The first-order valence-electron chi connectivity index (χ1n) is 4.65. The molecule has 0 bridgehead atoms. The second-order valence-corrected chi connectivity index (χ2v) is 3.37. The predicted octanol–water partition coefficient (Wildman–Crippen LogP) is 2.22. The number of methoxy groups -OCH3 is 1. The first-order chi connectivity index (χ1) is 7.22. The van der Waals surface area contributed by atoms with Gasteiger partial charge in [0, 0.05) is 12.5 Å². The zero-order chi connectivity index (χ0) is 10.8. The van der Waals surface area contributed by atoms with Gasteiger partial charge in [0.15, 0.2) is 11.4 Å². The fourth-order valence-electron chi connectivity index (χ4n) is 1.49. The third kappa shape index (κ3) is 1.86. The lowest BCUT2D eigenvalue weighted by Crippen LogP contribution is -2.14. The molecule has 0 aliphatic heterocycles. The van der Waals surface area contributed by atoms with Crippen LogP contribution in [-0.4, -0.2) is 13.7 Å². The second kappa shape index (κ2) is 4.00. The maximum atomic E-state index is 13.3. The molecule has 1 aromatic heterocycles. The van der Waals surface area contributed by atoms with Crippen molar-refractivity contribution in [1.29, 1.82) is 0 Å². The number of hydrogen-bond donors (Lipinski definition) is 1. The number of fused-ring (bicyclic) bond motifs is 1. The Kier molecular flexibility index (Phi) is 2.70. The van der Waals surface area contributed by atoms with Crippen LogP contribution in [0.2, 0.25) is 0 Å². The molecule has 0 saturated carbocycles. The van der Waals surface area contributed by atoms with Gasteiger partial charge in [-0.3, -0.25) is 0 Å². The summed E-state index contributed by atoms with van der Waals surface area (Å²) in [7, 11) is 1.56. The highest BCUT2D eigenvalue weighted by Crippen LogP contribution is 2.24. The van der Waals surface area contributed by atoms with Crippen molar-refractivity contribution in [3.63, 3.8) is 0 Å². The summed E-state index contributed by atoms with van der Waals surface area (Å²) in [6.07, 6.45) is 0. The Hall–Kier alpha value is -1.39. The molecule has 1 atom stereocenters. The van der Waals surface area contributed by atoms with E-state index >= 15 is 0 Å². The van der Waals surface area contributed by atoms with Crippen molar-refractivity contribution in [2.45, 2.75) is 6.04 Å². The Bertz CT molecular complexity index is 467. The summed E-state index contributed by atoms with van der Waals surface area (Å²) in [6, 6.07) is 6.16. The van der Waals surface area contributed by atoms with Gasteiger partial charge in [-0.1, -0.05) is 12.1 Å². The summed E-state index contributed by atoms with van der Waals surface area (Å²) >= 11 is 0. The van der Waals surface area contributed by atoms with Crippen molar-refractivity contribution in [3.05, 3.63) is 35.8 Å². The summed E-state index contributed by atoms with van der Waals surface area (Å²) in [4.78, 5) is 0. The minimum atomic E-state index is -0.372. The highest BCUT2D eigenvalue weighted by atomic mass is 19.1. The summed E-state index contributed by atoms with van der Waals surface area (Å²) in [5.41, 5.74) is 6.03. The van der Waals surface area contributed by atoms with Crippen molar-refractivity contribution in [1.82, 2.24) is 0 Å². The van der Waals surface area contributed by atoms with Crippen LogP contribution in [-0.2, 0) is 4.74 Å². The van der Waals surface area contributed by atoms with Crippen molar-refractivity contribution in [2.75, 3.05) is 13.7 Å². The van der Waals surface area contributed by atoms with Crippen LogP contribution in [0, 0.1) is 5.82 Å². The molecule has 2 aromatic rings. The molecule has 0 saturated heterocycles. The Balaban J connectivity index is 2.43. The first-order valence-corrected chi connectivity index (χ1v) is 4.65. The molecule has 0 amide bonds. The van der Waals surface area contributed by atoms with E-state index in [1.54, 1.807) is 25.3 Å². The van der Waals surface area contributed by atoms with E-state index in [4.69, 9.17) is 14.9 Å². The van der Waals surface area contributed by atoms with E-state index in [1.807, 2.05) is 0 Å². The molecular formula is C11H12FNO2. The Labute approximate surface area is 86.6 Å². The van der Waals surface area contributed by atoms with Crippen molar-refractivity contribution >= 4 is 11.0 Å². The molecule has 0 aliphatic rings. The van der Waals surface area contributed by atoms with E-state index < -0.39 is 0 Å². The maximum Gasteiger partial charge on any atom is 0.169 e. The van der Waals surface area contributed by atoms with Crippen LogP contribution in [0.5, 0.6) is 0 Å². The largest absolute Gasteiger partial charge is 0.456 e. The van der Waals surface area contributed by atoms with Crippen LogP contribution in [0.25, 0.3) is 11.0 Å². The molecule has 1 heterocycles. The van der Waals surface area contributed by atoms with E-state index in [1.165, 1.54) is 6.07 Å². The normalized spacial score (nSPS) is 13.3. The van der Waals surface area contributed by atoms with Crippen LogP contribution in [0.3, 0.4) is 0 Å². The smallest absolute Gasteiger partial charge is 0.169 e. The number of para-hydroxylation sites is 1. The summed E-state index contributed by atoms with van der Waals surface area (Å²) < 4.78 is 23.5. The van der Waals surface area contributed by atoms with Crippen molar-refractivity contribution in [3.8, 4) is 0 Å². The van der Waals surface area contributed by atoms with Gasteiger partial charge in [-0.05, 0) is 12.1 Å². The average molecular weight is 209 g/mol. The highest BCUT2D eigenvalue weighted by molar-refractivity contribution is 5.78. The number of benzene rings is 1. The van der Waals surface area contributed by atoms with Gasteiger partial charge in [0.1, 0.15) is 5.76 Å². The van der Waals surface area contributed by atoms with Gasteiger partial charge >= 0.3 is 0 Å². The van der Waals surface area contributed by atoms with Gasteiger partial charge in [0.05, 0.1) is 12.6 Å². The molecule has 4 heteroatoms. The Morgan fingerprint density at radius 2 is 2.33 bits per heavy atom. The zero-order valence-electron chi connectivity index (χ0n) is 8.37. The fourth-order valence-corrected chi connectivity index (χ4v) is 1.49. The summed E-state index contributed by atoms with van der Waals surface area (Å²) in [6.45, 7) is 0.349. The molecule has 3 nitrogen and oxygen atoms in total. The molecule has 2 N–H and O–H groups in total. The van der Waals surface area contributed by atoms with Crippen LogP contribution >= 0.6 is 0 Å². The van der Waals surface area contributed by atoms with Crippen molar-refractivity contribution in [2.24, 2.45) is 5.73 Å². The monoisotopic (exact) mass is 209 g/mol. The SMILES string of the molecule is COCC(N)c1cc2cccc(F)c2o1. The number of rotatable bonds is 3. The molecule has 0 spiro atoms. The average Bonchev–Trinajstić information content (AvgIpc) is 2.63. The minimum Gasteiger partial charge on any atom is -0.456 e. The molecule has 15 heavy (non-hydrogen) atoms. The standard InChI is InChI=1S/C11H12FNO2/c1-14-6-9(13)10-5-7-3-2-4-8(12)11(7)15-10/h2-5,9H,6,13H2,1H3. The number of hydrogen-bond acceptors (Lipinski definition) is 3. The molecule has 80 valence electrons. The lowest BCUT2D eigenvalue weighted by atomic mass is 10.2. The number of nitrogens with two attached hydrogens (primary N) is 1. The van der Waals surface area contributed by atoms with E-state index in [-0.39, 0.29) is 17.4 Å². The number of furan rings is 1. The molecule has 1 unspecified atom stereocenters. The summed E-state index contributed by atoms with van der Waals surface area (Å²) in [5, 5.41) is 0.719. The quantitative estimate of drug-likeness (QED) is 0.843. The zero-order valence-corrected chi connectivity index (χ0v) is 8.37. The molecular weight excluding hydrogens is 197 g/mol. The second-order valence-electron chi connectivity index (χ2n) is 3.37. The molecule has 1 aromatic carbocycles. The maximum absolute atomic E-state index is 13.3. The third-order valence-electron chi connectivity index (χ3n) is 2.23. The molecule has 2 rings (SSSR count). The minimum absolute atomic E-state index is 0.249. The van der Waals surface area contributed by atoms with Crippen LogP contribution in [0.15, 0.2) is 28.7 Å². The topological polar surface area (TPSA) is 48.4 Å². The molecule has 0 aliphatic carbocycles. The third-order valence-corrected chi connectivity index (χ3v) is 2.23. The Morgan fingerprint density at radius 3 is 3.00 bits per heavy atom. The van der Waals surface area contributed by atoms with Crippen LogP contribution in [0.1, 0.15) is 11.8 Å².